The number of H-pyrrole nitrogens is 1. The molecule has 0 spiro atoms. The summed E-state index contributed by atoms with van der Waals surface area (Å²) in [6.07, 6.45) is 3.11. The van der Waals surface area contributed by atoms with Gasteiger partial charge in [0, 0.05) is 22.8 Å². The lowest BCUT2D eigenvalue weighted by Gasteiger charge is -2.18. The fourth-order valence-electron chi connectivity index (χ4n) is 2.45. The van der Waals surface area contributed by atoms with Gasteiger partial charge in [0.25, 0.3) is 0 Å². The maximum atomic E-state index is 5.91. The summed E-state index contributed by atoms with van der Waals surface area (Å²) in [6.45, 7) is 0. The number of benzene rings is 1. The van der Waals surface area contributed by atoms with Crippen molar-refractivity contribution in [2.24, 2.45) is 16.5 Å². The highest BCUT2D eigenvalue weighted by Gasteiger charge is 2.22. The Morgan fingerprint density at radius 1 is 1.25 bits per heavy atom. The summed E-state index contributed by atoms with van der Waals surface area (Å²) < 4.78 is 1.92. The third-order valence-corrected chi connectivity index (χ3v) is 3.42. The molecule has 0 fully saturated rings. The minimum Gasteiger partial charge on any atom is -0.370 e. The maximum Gasteiger partial charge on any atom is 0.196 e. The molecule has 0 radical (unpaired) electrons. The molecule has 3 aromatic rings. The molecule has 1 aliphatic heterocycles. The molecule has 1 unspecified atom stereocenters. The summed E-state index contributed by atoms with van der Waals surface area (Å²) in [5, 5.41) is 4.15. The van der Waals surface area contributed by atoms with Crippen LogP contribution in [0.2, 0.25) is 0 Å². The fourth-order valence-corrected chi connectivity index (χ4v) is 2.45. The molecule has 0 saturated carbocycles. The molecule has 1 aliphatic rings. The first-order valence-electron chi connectivity index (χ1n) is 6.23. The Morgan fingerprint density at radius 2 is 2.15 bits per heavy atom. The Labute approximate surface area is 114 Å². The van der Waals surface area contributed by atoms with E-state index < -0.39 is 6.17 Å². The Hall–Kier alpha value is -2.80. The van der Waals surface area contributed by atoms with Crippen LogP contribution in [0.25, 0.3) is 16.6 Å². The van der Waals surface area contributed by atoms with Gasteiger partial charge in [0.2, 0.25) is 0 Å². The van der Waals surface area contributed by atoms with Crippen molar-refractivity contribution in [1.29, 1.82) is 0 Å². The largest absolute Gasteiger partial charge is 0.370 e. The van der Waals surface area contributed by atoms with Gasteiger partial charge in [-0.05, 0) is 24.3 Å². The Bertz CT molecular complexity index is 826. The topological polar surface area (TPSA) is 110 Å². The molecular formula is C13H13N7. The van der Waals surface area contributed by atoms with Crippen molar-refractivity contribution in [1.82, 2.24) is 14.5 Å². The third-order valence-electron chi connectivity index (χ3n) is 3.42. The van der Waals surface area contributed by atoms with Crippen LogP contribution in [0.4, 0.5) is 5.82 Å². The van der Waals surface area contributed by atoms with E-state index in [0.717, 1.165) is 22.4 Å². The zero-order valence-corrected chi connectivity index (χ0v) is 10.5. The quantitative estimate of drug-likeness (QED) is 0.528. The van der Waals surface area contributed by atoms with Crippen molar-refractivity contribution in [2.75, 3.05) is 5.32 Å². The Morgan fingerprint density at radius 3 is 3.05 bits per heavy atom. The summed E-state index contributed by atoms with van der Waals surface area (Å²) in [6, 6.07) is 8.13. The number of aromatic nitrogens is 3. The molecule has 1 aromatic carbocycles. The number of hydrogen-bond donors (Lipinski definition) is 4. The molecule has 100 valence electrons. The standard InChI is InChI=1S/C13H13N7/c14-11-10-12(19-13(15)18-11)20(6-17-10)8-1-2-9-7(5-8)3-4-16-9/h1-6,11,16H,14H2,(H3,15,18,19). The highest BCUT2D eigenvalue weighted by atomic mass is 15.3. The van der Waals surface area contributed by atoms with Gasteiger partial charge in [-0.2, -0.15) is 0 Å². The monoisotopic (exact) mass is 267 g/mol. The minimum atomic E-state index is -0.525. The second-order valence-electron chi connectivity index (χ2n) is 4.68. The molecule has 1 atom stereocenters. The number of nitrogens with zero attached hydrogens (tertiary/aromatic N) is 3. The van der Waals surface area contributed by atoms with Crippen molar-refractivity contribution < 1.29 is 0 Å². The molecule has 0 aliphatic carbocycles. The summed E-state index contributed by atoms with van der Waals surface area (Å²) in [5.41, 5.74) is 14.4. The molecule has 6 N–H and O–H groups in total. The van der Waals surface area contributed by atoms with Gasteiger partial charge in [0.15, 0.2) is 5.96 Å². The number of aliphatic imine (C=N–C) groups is 1. The van der Waals surface area contributed by atoms with Crippen LogP contribution in [-0.2, 0) is 0 Å². The van der Waals surface area contributed by atoms with Gasteiger partial charge in [-0.1, -0.05) is 0 Å². The molecule has 20 heavy (non-hydrogen) atoms. The second kappa shape index (κ2) is 3.84. The summed E-state index contributed by atoms with van der Waals surface area (Å²) in [5.74, 6) is 1.06. The molecule has 0 amide bonds. The number of rotatable bonds is 1. The van der Waals surface area contributed by atoms with Crippen molar-refractivity contribution in [3.8, 4) is 5.69 Å². The van der Waals surface area contributed by atoms with E-state index in [1.165, 1.54) is 0 Å². The number of nitrogens with one attached hydrogen (secondary N) is 2. The fraction of sp³-hybridized carbons (Fsp3) is 0.0769. The smallest absolute Gasteiger partial charge is 0.196 e. The summed E-state index contributed by atoms with van der Waals surface area (Å²) >= 11 is 0. The first-order chi connectivity index (χ1) is 9.72. The maximum absolute atomic E-state index is 5.91. The number of guanidine groups is 1. The first kappa shape index (κ1) is 11.1. The van der Waals surface area contributed by atoms with E-state index in [2.05, 4.69) is 26.3 Å². The van der Waals surface area contributed by atoms with Crippen LogP contribution < -0.4 is 16.8 Å². The van der Waals surface area contributed by atoms with Gasteiger partial charge < -0.3 is 21.8 Å². The molecule has 4 rings (SSSR count). The van der Waals surface area contributed by atoms with Gasteiger partial charge in [-0.3, -0.25) is 4.57 Å². The summed E-state index contributed by atoms with van der Waals surface area (Å²) in [7, 11) is 0. The lowest BCUT2D eigenvalue weighted by molar-refractivity contribution is 0.741. The van der Waals surface area contributed by atoms with Crippen LogP contribution in [0.5, 0.6) is 0 Å². The third kappa shape index (κ3) is 1.50. The van der Waals surface area contributed by atoms with Crippen LogP contribution in [-0.4, -0.2) is 20.5 Å². The van der Waals surface area contributed by atoms with E-state index in [-0.39, 0.29) is 0 Å². The van der Waals surface area contributed by atoms with Crippen LogP contribution in [0, 0.1) is 0 Å². The van der Waals surface area contributed by atoms with Gasteiger partial charge in [0.1, 0.15) is 24.0 Å². The van der Waals surface area contributed by atoms with Gasteiger partial charge in [-0.25, -0.2) is 9.98 Å². The highest BCUT2D eigenvalue weighted by Crippen LogP contribution is 2.28. The zero-order chi connectivity index (χ0) is 13.7. The van der Waals surface area contributed by atoms with Gasteiger partial charge in [-0.15, -0.1) is 0 Å². The molecule has 7 nitrogen and oxygen atoms in total. The van der Waals surface area contributed by atoms with E-state index in [4.69, 9.17) is 11.5 Å². The molecular weight excluding hydrogens is 254 g/mol. The van der Waals surface area contributed by atoms with E-state index in [1.54, 1.807) is 6.33 Å². The predicted octanol–water partition coefficient (Wildman–Crippen LogP) is 1.05. The summed E-state index contributed by atoms with van der Waals surface area (Å²) in [4.78, 5) is 11.5. The SMILES string of the molecule is NC1=NC(N)c2ncn(-c3ccc4[nH]ccc4c3)c2N1. The van der Waals surface area contributed by atoms with Gasteiger partial charge >= 0.3 is 0 Å². The number of nitrogens with two attached hydrogens (primary N) is 2. The van der Waals surface area contributed by atoms with Crippen molar-refractivity contribution in [2.45, 2.75) is 6.17 Å². The number of anilines is 1. The van der Waals surface area contributed by atoms with E-state index in [9.17, 15) is 0 Å². The van der Waals surface area contributed by atoms with Crippen molar-refractivity contribution in [3.63, 3.8) is 0 Å². The molecule has 7 heteroatoms. The predicted molar refractivity (Wildman–Crippen MR) is 77.6 cm³/mol. The van der Waals surface area contributed by atoms with Crippen LogP contribution in [0.1, 0.15) is 11.9 Å². The minimum absolute atomic E-state index is 0.300. The molecule has 3 heterocycles. The first-order valence-corrected chi connectivity index (χ1v) is 6.23. The number of hydrogen-bond acceptors (Lipinski definition) is 5. The Balaban J connectivity index is 1.87. The average molecular weight is 267 g/mol. The molecule has 0 bridgehead atoms. The molecule has 2 aromatic heterocycles. The lowest BCUT2D eigenvalue weighted by atomic mass is 10.2. The van der Waals surface area contributed by atoms with Crippen LogP contribution in [0.3, 0.4) is 0 Å². The van der Waals surface area contributed by atoms with E-state index in [1.807, 2.05) is 29.0 Å². The van der Waals surface area contributed by atoms with Crippen LogP contribution >= 0.6 is 0 Å². The van der Waals surface area contributed by atoms with Gasteiger partial charge in [0.05, 0.1) is 0 Å². The molecule has 0 saturated heterocycles. The number of aromatic amines is 1. The normalized spacial score (nSPS) is 17.6. The van der Waals surface area contributed by atoms with E-state index in [0.29, 0.717) is 11.7 Å². The van der Waals surface area contributed by atoms with Crippen LogP contribution in [0.15, 0.2) is 41.8 Å². The van der Waals surface area contributed by atoms with Crippen molar-refractivity contribution in [3.05, 3.63) is 42.5 Å². The highest BCUT2D eigenvalue weighted by molar-refractivity contribution is 5.94. The zero-order valence-electron chi connectivity index (χ0n) is 10.5. The second-order valence-corrected chi connectivity index (χ2v) is 4.68. The van der Waals surface area contributed by atoms with E-state index >= 15 is 0 Å². The van der Waals surface area contributed by atoms with Crippen molar-refractivity contribution >= 4 is 22.7 Å². The average Bonchev–Trinajstić information content (AvgIpc) is 3.03. The number of imidazole rings is 1. The number of fused-ring (bicyclic) bond motifs is 2. The lowest BCUT2D eigenvalue weighted by Crippen LogP contribution is -2.31. The Kier molecular flexibility index (Phi) is 2.13.